The maximum Gasteiger partial charge on any atom is 0.411 e. The molecule has 6 rings (SSSR count). The summed E-state index contributed by atoms with van der Waals surface area (Å²) >= 11 is 6.78. The topological polar surface area (TPSA) is 107 Å². The standard InChI is InChI=1S/C37H53ClF4N4O7Si2/c1-36(2,3)55(7,8)53-29-19-51-31-28(18-50-32(29)31)52-35-44-27-17-24(38)33(45-34(27)46(35)21-48-13-14-54(4,5)6)43-26-10-9-22-15-23(16-25(39)30(22)26)49-12-11-47-20-37(40,41)42/h15-17,26,28-29,31-32H,9-14,18-21H2,1-8H3,(H,43,45)/t26?,28-,29-,31-,32-/m1/s1. The zero-order valence-electron chi connectivity index (χ0n) is 32.8. The molecule has 1 aliphatic carbocycles. The fourth-order valence-electron chi connectivity index (χ4n) is 6.66. The van der Waals surface area contributed by atoms with Crippen molar-refractivity contribution >= 4 is 45.0 Å². The van der Waals surface area contributed by atoms with Gasteiger partial charge < -0.3 is 38.2 Å². The number of nitrogens with one attached hydrogen (secondary N) is 1. The molecule has 3 aliphatic rings. The lowest BCUT2D eigenvalue weighted by atomic mass is 10.1. The van der Waals surface area contributed by atoms with Gasteiger partial charge in [-0.1, -0.05) is 52.0 Å². The molecule has 2 fully saturated rings. The first-order valence-electron chi connectivity index (χ1n) is 18.8. The van der Waals surface area contributed by atoms with E-state index in [0.29, 0.717) is 66.2 Å². The number of anilines is 1. The highest BCUT2D eigenvalue weighted by molar-refractivity contribution is 6.76. The van der Waals surface area contributed by atoms with Crippen LogP contribution in [0.2, 0.25) is 48.8 Å². The van der Waals surface area contributed by atoms with Crippen LogP contribution < -0.4 is 14.8 Å². The highest BCUT2D eigenvalue weighted by Gasteiger charge is 2.52. The van der Waals surface area contributed by atoms with Gasteiger partial charge >= 0.3 is 12.2 Å². The number of imidazole rings is 1. The minimum Gasteiger partial charge on any atom is -0.491 e. The molecule has 0 amide bonds. The molecular weight excluding hydrogens is 780 g/mol. The molecule has 2 aromatic heterocycles. The average Bonchev–Trinajstić information content (AvgIpc) is 3.83. The van der Waals surface area contributed by atoms with Gasteiger partial charge in [0.1, 0.15) is 55.1 Å². The van der Waals surface area contributed by atoms with Crippen molar-refractivity contribution in [2.75, 3.05) is 45.0 Å². The maximum absolute atomic E-state index is 15.5. The first kappa shape index (κ1) is 42.1. The number of ether oxygens (including phenoxy) is 6. The van der Waals surface area contributed by atoms with E-state index in [1.807, 2.05) is 0 Å². The lowest BCUT2D eigenvalue weighted by Crippen LogP contribution is -2.47. The van der Waals surface area contributed by atoms with Gasteiger partial charge in [0.05, 0.1) is 37.0 Å². The highest BCUT2D eigenvalue weighted by atomic mass is 35.5. The second-order valence-corrected chi connectivity index (χ2v) is 28.0. The monoisotopic (exact) mass is 832 g/mol. The second kappa shape index (κ2) is 16.4. The third kappa shape index (κ3) is 10.1. The number of aromatic nitrogens is 3. The first-order valence-corrected chi connectivity index (χ1v) is 25.8. The molecule has 11 nitrogen and oxygen atoms in total. The summed E-state index contributed by atoms with van der Waals surface area (Å²) in [7, 11) is -3.43. The highest BCUT2D eigenvalue weighted by Crippen LogP contribution is 2.42. The lowest BCUT2D eigenvalue weighted by Gasteiger charge is -2.39. The summed E-state index contributed by atoms with van der Waals surface area (Å²) in [5.41, 5.74) is 2.15. The van der Waals surface area contributed by atoms with Crippen LogP contribution in [0.4, 0.5) is 23.4 Å². The van der Waals surface area contributed by atoms with Gasteiger partial charge in [-0.2, -0.15) is 18.2 Å². The van der Waals surface area contributed by atoms with Crippen molar-refractivity contribution in [3.05, 3.63) is 40.2 Å². The molecule has 55 heavy (non-hydrogen) atoms. The number of alkyl halides is 3. The Labute approximate surface area is 326 Å². The van der Waals surface area contributed by atoms with Gasteiger partial charge in [-0.3, -0.25) is 4.57 Å². The van der Waals surface area contributed by atoms with E-state index in [2.05, 4.69) is 63.6 Å². The molecule has 0 radical (unpaired) electrons. The van der Waals surface area contributed by atoms with Gasteiger partial charge in [0, 0.05) is 26.3 Å². The smallest absolute Gasteiger partial charge is 0.411 e. The van der Waals surface area contributed by atoms with Crippen LogP contribution in [0.1, 0.15) is 44.4 Å². The Morgan fingerprint density at radius 1 is 0.945 bits per heavy atom. The minimum absolute atomic E-state index is 0.0402. The molecule has 18 heteroatoms. The summed E-state index contributed by atoms with van der Waals surface area (Å²) in [6, 6.07) is 5.44. The van der Waals surface area contributed by atoms with E-state index in [0.717, 1.165) is 11.6 Å². The predicted octanol–water partition coefficient (Wildman–Crippen LogP) is 8.53. The van der Waals surface area contributed by atoms with Crippen molar-refractivity contribution in [3.63, 3.8) is 0 Å². The van der Waals surface area contributed by atoms with Gasteiger partial charge in [-0.25, -0.2) is 9.37 Å². The molecule has 1 N–H and O–H groups in total. The van der Waals surface area contributed by atoms with Crippen molar-refractivity contribution < 1.29 is 50.4 Å². The van der Waals surface area contributed by atoms with E-state index in [4.69, 9.17) is 49.7 Å². The number of benzene rings is 1. The van der Waals surface area contributed by atoms with Crippen LogP contribution in [0, 0.1) is 5.82 Å². The van der Waals surface area contributed by atoms with E-state index < -0.39 is 47.1 Å². The molecule has 1 unspecified atom stereocenters. The molecule has 5 atom stereocenters. The molecule has 2 aliphatic heterocycles. The number of pyridine rings is 1. The van der Waals surface area contributed by atoms with E-state index in [1.165, 1.54) is 6.07 Å². The van der Waals surface area contributed by atoms with Gasteiger partial charge in [0.15, 0.2) is 20.1 Å². The third-order valence-electron chi connectivity index (χ3n) is 10.6. The van der Waals surface area contributed by atoms with E-state index >= 15 is 4.39 Å². The fourth-order valence-corrected chi connectivity index (χ4v) is 8.92. The summed E-state index contributed by atoms with van der Waals surface area (Å²) < 4.78 is 96.3. The van der Waals surface area contributed by atoms with Crippen LogP contribution in [-0.2, 0) is 36.5 Å². The van der Waals surface area contributed by atoms with Crippen LogP contribution in [0.5, 0.6) is 11.8 Å². The van der Waals surface area contributed by atoms with E-state index in [1.54, 1.807) is 16.7 Å². The van der Waals surface area contributed by atoms with Crippen molar-refractivity contribution in [1.29, 1.82) is 0 Å². The summed E-state index contributed by atoms with van der Waals surface area (Å²) in [5, 5.41) is 3.67. The van der Waals surface area contributed by atoms with Crippen molar-refractivity contribution in [2.45, 2.75) is 121 Å². The number of aryl methyl sites for hydroxylation is 1. The molecule has 0 saturated carbocycles. The molecule has 3 aromatic rings. The van der Waals surface area contributed by atoms with Gasteiger partial charge in [0.2, 0.25) is 0 Å². The molecule has 306 valence electrons. The largest absolute Gasteiger partial charge is 0.491 e. The SMILES string of the molecule is CC(C)(C)[Si](C)(C)O[C@@H]1CO[C@H]2[C@@H]1OC[C@H]2Oc1nc2cc(Cl)c(NC3CCc4cc(OCCOCC(F)(F)F)cc(F)c43)nc2n1COCC[Si](C)(C)C. The quantitative estimate of drug-likeness (QED) is 0.0858. The molecule has 1 aromatic carbocycles. The number of halogens is 5. The molecule has 0 spiro atoms. The summed E-state index contributed by atoms with van der Waals surface area (Å²) in [6.07, 6.45) is -4.55. The Morgan fingerprint density at radius 3 is 2.35 bits per heavy atom. The number of hydrogen-bond donors (Lipinski definition) is 1. The fraction of sp³-hybridized carbons (Fsp3) is 0.676. The summed E-state index contributed by atoms with van der Waals surface area (Å²) in [5.74, 6) is 0.0595. The van der Waals surface area contributed by atoms with Crippen LogP contribution in [0.15, 0.2) is 18.2 Å². The van der Waals surface area contributed by atoms with Gasteiger partial charge in [-0.15, -0.1) is 0 Å². The number of fused-ring (bicyclic) bond motifs is 3. The molecule has 2 saturated heterocycles. The Kier molecular flexibility index (Phi) is 12.5. The van der Waals surface area contributed by atoms with Crippen molar-refractivity contribution in [3.8, 4) is 11.8 Å². The zero-order chi connectivity index (χ0) is 39.9. The Morgan fingerprint density at radius 2 is 1.65 bits per heavy atom. The summed E-state index contributed by atoms with van der Waals surface area (Å²) in [6.45, 7) is 17.5. The molecule has 4 heterocycles. The number of rotatable bonds is 16. The predicted molar refractivity (Wildman–Crippen MR) is 206 cm³/mol. The molecule has 0 bridgehead atoms. The second-order valence-electron chi connectivity index (χ2n) is 17.2. The van der Waals surface area contributed by atoms with Gasteiger partial charge in [0.25, 0.3) is 0 Å². The average molecular weight is 833 g/mol. The van der Waals surface area contributed by atoms with E-state index in [9.17, 15) is 13.2 Å². The molecular formula is C37H53ClF4N4O7Si2. The van der Waals surface area contributed by atoms with Crippen LogP contribution in [0.25, 0.3) is 11.2 Å². The van der Waals surface area contributed by atoms with Gasteiger partial charge in [-0.05, 0) is 54.7 Å². The Balaban J connectivity index is 1.19. The van der Waals surface area contributed by atoms with E-state index in [-0.39, 0.29) is 49.0 Å². The number of hydrogen-bond acceptors (Lipinski definition) is 10. The van der Waals surface area contributed by atoms with Crippen LogP contribution >= 0.6 is 11.6 Å². The van der Waals surface area contributed by atoms with Crippen LogP contribution in [0.3, 0.4) is 0 Å². The first-order chi connectivity index (χ1) is 25.7. The van der Waals surface area contributed by atoms with Crippen LogP contribution in [-0.4, -0.2) is 101 Å². The lowest BCUT2D eigenvalue weighted by molar-refractivity contribution is -0.175. The van der Waals surface area contributed by atoms with Crippen molar-refractivity contribution in [1.82, 2.24) is 14.5 Å². The normalized spacial score (nSPS) is 23.0. The third-order valence-corrected chi connectivity index (χ3v) is 17.1. The Hall–Kier alpha value is -2.52. The van der Waals surface area contributed by atoms with Crippen molar-refractivity contribution in [2.24, 2.45) is 0 Å². The summed E-state index contributed by atoms with van der Waals surface area (Å²) in [4.78, 5) is 9.68. The zero-order valence-corrected chi connectivity index (χ0v) is 35.5. The number of nitrogens with zero attached hydrogens (tertiary/aromatic N) is 3. The Bertz CT molecular complexity index is 1820. The maximum atomic E-state index is 15.5. The minimum atomic E-state index is -4.43.